The highest BCUT2D eigenvalue weighted by Gasteiger charge is 2.24. The van der Waals surface area contributed by atoms with Crippen LogP contribution in [0, 0.1) is 6.92 Å². The van der Waals surface area contributed by atoms with Crippen molar-refractivity contribution in [1.29, 1.82) is 0 Å². The Morgan fingerprint density at radius 2 is 2.19 bits per heavy atom. The van der Waals surface area contributed by atoms with Crippen LogP contribution in [-0.2, 0) is 14.6 Å². The molecular weight excluding hydrogens is 360 g/mol. The molecule has 1 atom stereocenters. The number of hydrogen-bond donors (Lipinski definition) is 1. The van der Waals surface area contributed by atoms with Crippen molar-refractivity contribution in [3.8, 4) is 0 Å². The molecule has 1 aromatic carbocycles. The first kappa shape index (κ1) is 16.5. The summed E-state index contributed by atoms with van der Waals surface area (Å²) in [5.74, 6) is -1.18. The molecule has 1 N–H and O–H groups in total. The van der Waals surface area contributed by atoms with Crippen molar-refractivity contribution in [3.63, 3.8) is 0 Å². The van der Waals surface area contributed by atoms with Gasteiger partial charge in [0.05, 0.1) is 22.3 Å². The highest BCUT2D eigenvalue weighted by atomic mass is 79.9. The molecule has 2 rings (SSSR count). The van der Waals surface area contributed by atoms with Crippen LogP contribution in [0.25, 0.3) is 0 Å². The summed E-state index contributed by atoms with van der Waals surface area (Å²) in [5.41, 5.74) is 0.496. The van der Waals surface area contributed by atoms with E-state index >= 15 is 0 Å². The van der Waals surface area contributed by atoms with Crippen molar-refractivity contribution in [1.82, 2.24) is 0 Å². The van der Waals surface area contributed by atoms with Gasteiger partial charge in [0.1, 0.15) is 0 Å². The van der Waals surface area contributed by atoms with Gasteiger partial charge in [0.2, 0.25) is 0 Å². The van der Waals surface area contributed by atoms with Crippen LogP contribution in [0.4, 0.5) is 0 Å². The molecule has 0 aliphatic carbocycles. The number of rotatable bonds is 5. The second kappa shape index (κ2) is 6.46. The molecule has 116 valence electrons. The molecule has 7 heteroatoms. The van der Waals surface area contributed by atoms with E-state index < -0.39 is 15.8 Å². The third-order valence-corrected chi connectivity index (χ3v) is 6.30. The number of ether oxygens (including phenoxy) is 1. The molecule has 0 bridgehead atoms. The fourth-order valence-corrected chi connectivity index (χ4v) is 4.64. The quantitative estimate of drug-likeness (QED) is 0.854. The van der Waals surface area contributed by atoms with E-state index in [-0.39, 0.29) is 22.3 Å². The average molecular weight is 377 g/mol. The second-order valence-corrected chi connectivity index (χ2v) is 8.06. The Morgan fingerprint density at radius 3 is 2.76 bits per heavy atom. The molecule has 0 saturated carbocycles. The summed E-state index contributed by atoms with van der Waals surface area (Å²) in [6.07, 6.45) is 2.28. The van der Waals surface area contributed by atoms with Gasteiger partial charge in [-0.15, -0.1) is 0 Å². The van der Waals surface area contributed by atoms with E-state index in [0.717, 1.165) is 12.8 Å². The zero-order valence-corrected chi connectivity index (χ0v) is 14.0. The van der Waals surface area contributed by atoms with Gasteiger partial charge in [0.15, 0.2) is 9.84 Å². The van der Waals surface area contributed by atoms with E-state index in [2.05, 4.69) is 15.9 Å². The normalized spacial score (nSPS) is 18.9. The fourth-order valence-electron chi connectivity index (χ4n) is 2.37. The predicted octanol–water partition coefficient (Wildman–Crippen LogP) is 2.80. The second-order valence-electron chi connectivity index (χ2n) is 5.13. The molecule has 0 spiro atoms. The molecule has 1 saturated heterocycles. The van der Waals surface area contributed by atoms with Gasteiger partial charge in [-0.3, -0.25) is 0 Å². The Bertz CT molecular complexity index is 648. The predicted molar refractivity (Wildman–Crippen MR) is 81.5 cm³/mol. The number of sulfone groups is 1. The summed E-state index contributed by atoms with van der Waals surface area (Å²) in [5, 5.41) is 9.06. The molecule has 1 aliphatic heterocycles. The number of carbonyl (C=O) groups is 1. The Hall–Kier alpha value is -0.920. The summed E-state index contributed by atoms with van der Waals surface area (Å²) >= 11 is 3.22. The first-order valence-corrected chi connectivity index (χ1v) is 9.13. The third kappa shape index (κ3) is 3.84. The number of halogens is 1. The lowest BCUT2D eigenvalue weighted by Gasteiger charge is -2.13. The van der Waals surface area contributed by atoms with Crippen LogP contribution in [0.5, 0.6) is 0 Å². The summed E-state index contributed by atoms with van der Waals surface area (Å²) in [4.78, 5) is 11.2. The molecule has 0 amide bonds. The number of carboxylic acid groups (broad SMARTS) is 1. The van der Waals surface area contributed by atoms with Gasteiger partial charge in [0.25, 0.3) is 0 Å². The van der Waals surface area contributed by atoms with Crippen molar-refractivity contribution in [2.24, 2.45) is 0 Å². The Balaban J connectivity index is 2.27. The van der Waals surface area contributed by atoms with E-state index in [1.807, 2.05) is 0 Å². The SMILES string of the molecule is Cc1c(Br)cc(C(=O)O)cc1S(=O)(=O)CCC1CCCO1. The molecule has 1 aromatic rings. The summed E-state index contributed by atoms with van der Waals surface area (Å²) in [6, 6.07) is 2.64. The Kier molecular flexibility index (Phi) is 5.06. The molecule has 1 fully saturated rings. The maximum Gasteiger partial charge on any atom is 0.335 e. The minimum Gasteiger partial charge on any atom is -0.478 e. The van der Waals surface area contributed by atoms with Crippen molar-refractivity contribution in [2.75, 3.05) is 12.4 Å². The molecule has 0 aromatic heterocycles. The van der Waals surface area contributed by atoms with Gasteiger partial charge in [-0.2, -0.15) is 0 Å². The summed E-state index contributed by atoms with van der Waals surface area (Å²) < 4.78 is 30.9. The summed E-state index contributed by atoms with van der Waals surface area (Å²) in [6.45, 7) is 2.35. The van der Waals surface area contributed by atoms with E-state index in [0.29, 0.717) is 23.1 Å². The van der Waals surface area contributed by atoms with Gasteiger partial charge in [-0.25, -0.2) is 13.2 Å². The largest absolute Gasteiger partial charge is 0.478 e. The monoisotopic (exact) mass is 376 g/mol. The molecule has 5 nitrogen and oxygen atoms in total. The molecule has 1 heterocycles. The number of benzene rings is 1. The molecule has 0 radical (unpaired) electrons. The van der Waals surface area contributed by atoms with Gasteiger partial charge in [-0.05, 0) is 43.9 Å². The fraction of sp³-hybridized carbons (Fsp3) is 0.500. The molecule has 1 unspecified atom stereocenters. The zero-order valence-electron chi connectivity index (χ0n) is 11.6. The maximum atomic E-state index is 12.5. The van der Waals surface area contributed by atoms with Crippen LogP contribution < -0.4 is 0 Å². The smallest absolute Gasteiger partial charge is 0.335 e. The van der Waals surface area contributed by atoms with Crippen LogP contribution in [0.3, 0.4) is 0 Å². The van der Waals surface area contributed by atoms with Gasteiger partial charge in [-0.1, -0.05) is 15.9 Å². The van der Waals surface area contributed by atoms with E-state index in [1.165, 1.54) is 12.1 Å². The topological polar surface area (TPSA) is 80.7 Å². The van der Waals surface area contributed by atoms with Crippen molar-refractivity contribution >= 4 is 31.7 Å². The van der Waals surface area contributed by atoms with Crippen molar-refractivity contribution in [2.45, 2.75) is 37.2 Å². The molecule has 21 heavy (non-hydrogen) atoms. The van der Waals surface area contributed by atoms with Gasteiger partial charge < -0.3 is 9.84 Å². The highest BCUT2D eigenvalue weighted by Crippen LogP contribution is 2.28. The first-order valence-electron chi connectivity index (χ1n) is 6.69. The van der Waals surface area contributed by atoms with Crippen LogP contribution in [0.1, 0.15) is 35.2 Å². The van der Waals surface area contributed by atoms with Crippen LogP contribution >= 0.6 is 15.9 Å². The zero-order chi connectivity index (χ0) is 15.6. The lowest BCUT2D eigenvalue weighted by atomic mass is 10.1. The maximum absolute atomic E-state index is 12.5. The number of aromatic carboxylic acids is 1. The van der Waals surface area contributed by atoms with Gasteiger partial charge >= 0.3 is 5.97 Å². The number of hydrogen-bond acceptors (Lipinski definition) is 4. The molecular formula is C14H17BrO5S. The lowest BCUT2D eigenvalue weighted by Crippen LogP contribution is -2.16. The van der Waals surface area contributed by atoms with E-state index in [4.69, 9.17) is 9.84 Å². The standard InChI is InChI=1S/C14H17BrO5S/c1-9-12(15)7-10(14(16)17)8-13(9)21(18,19)6-4-11-3-2-5-20-11/h7-8,11H,2-6H2,1H3,(H,16,17). The minimum atomic E-state index is -3.53. The molecule has 1 aliphatic rings. The Labute approximate surface area is 132 Å². The van der Waals surface area contributed by atoms with Crippen LogP contribution in [0.2, 0.25) is 0 Å². The number of carboxylic acids is 1. The van der Waals surface area contributed by atoms with Crippen LogP contribution in [-0.4, -0.2) is 38.0 Å². The van der Waals surface area contributed by atoms with Gasteiger partial charge in [0, 0.05) is 11.1 Å². The minimum absolute atomic E-state index is 0.00817. The average Bonchev–Trinajstić information content (AvgIpc) is 2.92. The third-order valence-electron chi connectivity index (χ3n) is 3.61. The lowest BCUT2D eigenvalue weighted by molar-refractivity contribution is 0.0696. The first-order chi connectivity index (χ1) is 9.81. The van der Waals surface area contributed by atoms with Crippen molar-refractivity contribution < 1.29 is 23.1 Å². The highest BCUT2D eigenvalue weighted by molar-refractivity contribution is 9.10. The van der Waals surface area contributed by atoms with E-state index in [1.54, 1.807) is 6.92 Å². The van der Waals surface area contributed by atoms with Crippen molar-refractivity contribution in [3.05, 3.63) is 27.7 Å². The Morgan fingerprint density at radius 1 is 1.48 bits per heavy atom. The summed E-state index contributed by atoms with van der Waals surface area (Å²) in [7, 11) is -3.53. The van der Waals surface area contributed by atoms with Crippen LogP contribution in [0.15, 0.2) is 21.5 Å². The van der Waals surface area contributed by atoms with E-state index in [9.17, 15) is 13.2 Å².